The van der Waals surface area contributed by atoms with E-state index in [-0.39, 0.29) is 17.7 Å². The number of pyridine rings is 1. The number of hydrogen-bond donors (Lipinski definition) is 2. The van der Waals surface area contributed by atoms with Crippen LogP contribution < -0.4 is 10.6 Å². The minimum Gasteiger partial charge on any atom is -0.326 e. The molecule has 112 valence electrons. The summed E-state index contributed by atoms with van der Waals surface area (Å²) in [4.78, 5) is 27.9. The third-order valence-corrected chi connectivity index (χ3v) is 3.81. The zero-order valence-corrected chi connectivity index (χ0v) is 12.1. The van der Waals surface area contributed by atoms with Crippen molar-refractivity contribution in [1.29, 1.82) is 0 Å². The van der Waals surface area contributed by atoms with Crippen molar-refractivity contribution in [3.05, 3.63) is 54.4 Å². The van der Waals surface area contributed by atoms with Crippen molar-refractivity contribution in [3.8, 4) is 0 Å². The lowest BCUT2D eigenvalue weighted by atomic mass is 9.85. The number of benzene rings is 1. The van der Waals surface area contributed by atoms with Gasteiger partial charge in [0.2, 0.25) is 5.91 Å². The lowest BCUT2D eigenvalue weighted by Gasteiger charge is -2.24. The smallest absolute Gasteiger partial charge is 0.255 e. The molecule has 1 aliphatic carbocycles. The minimum absolute atomic E-state index is 0.0591. The van der Waals surface area contributed by atoms with E-state index in [0.717, 1.165) is 19.3 Å². The van der Waals surface area contributed by atoms with Gasteiger partial charge in [-0.05, 0) is 43.2 Å². The molecule has 3 rings (SSSR count). The Morgan fingerprint density at radius 1 is 1.00 bits per heavy atom. The zero-order valence-electron chi connectivity index (χ0n) is 12.1. The van der Waals surface area contributed by atoms with E-state index in [1.807, 2.05) is 6.07 Å². The normalized spacial score (nSPS) is 14.0. The molecule has 2 amide bonds. The Labute approximate surface area is 128 Å². The average molecular weight is 295 g/mol. The van der Waals surface area contributed by atoms with Gasteiger partial charge in [0.15, 0.2) is 0 Å². The predicted molar refractivity (Wildman–Crippen MR) is 84.6 cm³/mol. The van der Waals surface area contributed by atoms with Gasteiger partial charge in [-0.1, -0.05) is 12.5 Å². The van der Waals surface area contributed by atoms with Crippen LogP contribution in [0.4, 0.5) is 11.4 Å². The van der Waals surface area contributed by atoms with E-state index in [2.05, 4.69) is 15.6 Å². The lowest BCUT2D eigenvalue weighted by molar-refractivity contribution is -0.122. The van der Waals surface area contributed by atoms with Crippen LogP contribution in [0.25, 0.3) is 0 Å². The van der Waals surface area contributed by atoms with Crippen LogP contribution in [0.15, 0.2) is 48.8 Å². The number of carbonyl (C=O) groups excluding carboxylic acids is 2. The molecule has 1 aromatic heterocycles. The van der Waals surface area contributed by atoms with E-state index in [4.69, 9.17) is 0 Å². The van der Waals surface area contributed by atoms with Crippen LogP contribution in [0.1, 0.15) is 29.6 Å². The highest BCUT2D eigenvalue weighted by atomic mass is 16.2. The SMILES string of the molecule is O=C(Nc1cccc(NC(=O)C2CCC2)c1)c1ccncc1. The quantitative estimate of drug-likeness (QED) is 0.910. The molecule has 0 bridgehead atoms. The fourth-order valence-corrected chi connectivity index (χ4v) is 2.30. The Morgan fingerprint density at radius 2 is 1.68 bits per heavy atom. The molecule has 2 N–H and O–H groups in total. The fraction of sp³-hybridized carbons (Fsp3) is 0.235. The van der Waals surface area contributed by atoms with E-state index >= 15 is 0 Å². The largest absolute Gasteiger partial charge is 0.326 e. The summed E-state index contributed by atoms with van der Waals surface area (Å²) in [5.74, 6) is -0.0104. The van der Waals surface area contributed by atoms with Crippen LogP contribution in [-0.2, 0) is 4.79 Å². The van der Waals surface area contributed by atoms with E-state index in [0.29, 0.717) is 16.9 Å². The van der Waals surface area contributed by atoms with Crippen molar-refractivity contribution in [2.45, 2.75) is 19.3 Å². The molecule has 5 heteroatoms. The summed E-state index contributed by atoms with van der Waals surface area (Å²) in [6.45, 7) is 0. The second kappa shape index (κ2) is 6.39. The van der Waals surface area contributed by atoms with Gasteiger partial charge in [0.05, 0.1) is 0 Å². The van der Waals surface area contributed by atoms with Gasteiger partial charge in [0, 0.05) is 35.2 Å². The van der Waals surface area contributed by atoms with Crippen LogP contribution in [0.2, 0.25) is 0 Å². The summed E-state index contributed by atoms with van der Waals surface area (Å²) < 4.78 is 0. The summed E-state index contributed by atoms with van der Waals surface area (Å²) in [7, 11) is 0. The van der Waals surface area contributed by atoms with E-state index < -0.39 is 0 Å². The molecule has 22 heavy (non-hydrogen) atoms. The Balaban J connectivity index is 1.66. The van der Waals surface area contributed by atoms with Gasteiger partial charge < -0.3 is 10.6 Å². The van der Waals surface area contributed by atoms with Crippen molar-refractivity contribution in [1.82, 2.24) is 4.98 Å². The predicted octanol–water partition coefficient (Wildman–Crippen LogP) is 3.07. The molecule has 0 saturated heterocycles. The number of rotatable bonds is 4. The van der Waals surface area contributed by atoms with E-state index in [1.165, 1.54) is 0 Å². The molecule has 0 aliphatic heterocycles. The highest BCUT2D eigenvalue weighted by Crippen LogP contribution is 2.28. The van der Waals surface area contributed by atoms with Crippen LogP contribution in [0, 0.1) is 5.92 Å². The first kappa shape index (κ1) is 14.3. The van der Waals surface area contributed by atoms with Crippen LogP contribution in [-0.4, -0.2) is 16.8 Å². The molecule has 1 aliphatic rings. The fourth-order valence-electron chi connectivity index (χ4n) is 2.30. The first-order valence-electron chi connectivity index (χ1n) is 7.35. The maximum atomic E-state index is 12.1. The molecule has 1 aromatic carbocycles. The third-order valence-electron chi connectivity index (χ3n) is 3.81. The summed E-state index contributed by atoms with van der Waals surface area (Å²) >= 11 is 0. The van der Waals surface area contributed by atoms with Crippen LogP contribution in [0.3, 0.4) is 0 Å². The molecule has 1 saturated carbocycles. The number of nitrogens with one attached hydrogen (secondary N) is 2. The summed E-state index contributed by atoms with van der Waals surface area (Å²) in [5.41, 5.74) is 1.89. The molecular weight excluding hydrogens is 278 g/mol. The van der Waals surface area contributed by atoms with Crippen LogP contribution in [0.5, 0.6) is 0 Å². The van der Waals surface area contributed by atoms with Crippen molar-refractivity contribution in [2.24, 2.45) is 5.92 Å². The Hall–Kier alpha value is -2.69. The molecular formula is C17H17N3O2. The molecule has 0 unspecified atom stereocenters. The van der Waals surface area contributed by atoms with Crippen molar-refractivity contribution < 1.29 is 9.59 Å². The highest BCUT2D eigenvalue weighted by molar-refractivity contribution is 6.04. The van der Waals surface area contributed by atoms with Crippen molar-refractivity contribution in [2.75, 3.05) is 10.6 Å². The van der Waals surface area contributed by atoms with Gasteiger partial charge in [0.25, 0.3) is 5.91 Å². The first-order valence-corrected chi connectivity index (χ1v) is 7.35. The molecule has 5 nitrogen and oxygen atoms in total. The zero-order chi connectivity index (χ0) is 15.4. The summed E-state index contributed by atoms with van der Waals surface area (Å²) in [6.07, 6.45) is 6.20. The van der Waals surface area contributed by atoms with Gasteiger partial charge in [-0.25, -0.2) is 0 Å². The third kappa shape index (κ3) is 3.31. The molecule has 0 spiro atoms. The minimum atomic E-state index is -0.204. The molecule has 1 heterocycles. The standard InChI is InChI=1S/C17H17N3O2/c21-16(12-3-1-4-12)19-14-5-2-6-15(11-14)20-17(22)13-7-9-18-10-8-13/h2,5-12H,1,3-4H2,(H,19,21)(H,20,22). The molecule has 1 fully saturated rings. The number of aromatic nitrogens is 1. The van der Waals surface area contributed by atoms with E-state index in [9.17, 15) is 9.59 Å². The summed E-state index contributed by atoms with van der Waals surface area (Å²) in [5, 5.41) is 5.71. The second-order valence-electron chi connectivity index (χ2n) is 5.39. The van der Waals surface area contributed by atoms with Gasteiger partial charge in [0.1, 0.15) is 0 Å². The highest BCUT2D eigenvalue weighted by Gasteiger charge is 2.25. The van der Waals surface area contributed by atoms with Gasteiger partial charge in [-0.15, -0.1) is 0 Å². The van der Waals surface area contributed by atoms with Crippen LogP contribution >= 0.6 is 0 Å². The maximum absolute atomic E-state index is 12.1. The monoisotopic (exact) mass is 295 g/mol. The van der Waals surface area contributed by atoms with Crippen molar-refractivity contribution in [3.63, 3.8) is 0 Å². The molecule has 0 radical (unpaired) electrons. The summed E-state index contributed by atoms with van der Waals surface area (Å²) in [6, 6.07) is 10.5. The van der Waals surface area contributed by atoms with E-state index in [1.54, 1.807) is 42.7 Å². The Bertz CT molecular complexity index is 681. The van der Waals surface area contributed by atoms with Gasteiger partial charge in [-0.3, -0.25) is 14.6 Å². The maximum Gasteiger partial charge on any atom is 0.255 e. The Kier molecular flexibility index (Phi) is 4.14. The molecule has 2 aromatic rings. The first-order chi connectivity index (χ1) is 10.7. The van der Waals surface area contributed by atoms with Gasteiger partial charge in [-0.2, -0.15) is 0 Å². The number of amides is 2. The number of nitrogens with zero attached hydrogens (tertiary/aromatic N) is 1. The Morgan fingerprint density at radius 3 is 2.32 bits per heavy atom. The number of carbonyl (C=O) groups is 2. The van der Waals surface area contributed by atoms with Gasteiger partial charge >= 0.3 is 0 Å². The lowest BCUT2D eigenvalue weighted by Crippen LogP contribution is -2.28. The van der Waals surface area contributed by atoms with Crippen molar-refractivity contribution >= 4 is 23.2 Å². The number of anilines is 2. The topological polar surface area (TPSA) is 71.1 Å². The number of hydrogen-bond acceptors (Lipinski definition) is 3. The second-order valence-corrected chi connectivity index (χ2v) is 5.39. The average Bonchev–Trinajstić information content (AvgIpc) is 2.46. The molecule has 0 atom stereocenters.